The lowest BCUT2D eigenvalue weighted by atomic mass is 10.1. The highest BCUT2D eigenvalue weighted by atomic mass is 32.1. The molecule has 3 aromatic carbocycles. The Labute approximate surface area is 176 Å². The van der Waals surface area contributed by atoms with E-state index in [-0.39, 0.29) is 0 Å². The number of nitrogens with zero attached hydrogens (tertiary/aromatic N) is 2. The Morgan fingerprint density at radius 2 is 1.55 bits per heavy atom. The highest BCUT2D eigenvalue weighted by molar-refractivity contribution is 7.07. The second-order valence-electron chi connectivity index (χ2n) is 7.24. The van der Waals surface area contributed by atoms with E-state index in [0.717, 1.165) is 29.9 Å². The minimum Gasteiger partial charge on any atom is -0.316 e. The van der Waals surface area contributed by atoms with Gasteiger partial charge in [-0.3, -0.25) is 0 Å². The average Bonchev–Trinajstić information content (AvgIpc) is 3.17. The van der Waals surface area contributed by atoms with E-state index in [1.165, 1.54) is 27.9 Å². The number of rotatable bonds is 6. The molecule has 1 aromatic heterocycles. The molecule has 4 rings (SSSR count). The van der Waals surface area contributed by atoms with Gasteiger partial charge < -0.3 is 4.57 Å². The smallest absolute Gasteiger partial charge is 0.190 e. The van der Waals surface area contributed by atoms with Crippen molar-refractivity contribution in [1.29, 1.82) is 0 Å². The summed E-state index contributed by atoms with van der Waals surface area (Å²) in [6.45, 7) is 5.22. The van der Waals surface area contributed by atoms with Crippen molar-refractivity contribution in [2.45, 2.75) is 33.2 Å². The third-order valence-electron chi connectivity index (χ3n) is 5.25. The Hall–Kier alpha value is -2.91. The standard InChI is InChI=1S/C26H26N2S/c1-3-21-13-15-23(16-14-21)25-19-29-26(27-24-12-8-7-9-20(24)2)28(25)18-17-22-10-5-4-6-11-22/h4-16,19H,3,17-18H2,1-2H3. The summed E-state index contributed by atoms with van der Waals surface area (Å²) in [4.78, 5) is 6.06. The Morgan fingerprint density at radius 3 is 2.28 bits per heavy atom. The first-order valence-electron chi connectivity index (χ1n) is 10.2. The second kappa shape index (κ2) is 9.06. The zero-order chi connectivity index (χ0) is 20.1. The molecule has 29 heavy (non-hydrogen) atoms. The highest BCUT2D eigenvalue weighted by Gasteiger charge is 2.09. The van der Waals surface area contributed by atoms with Gasteiger partial charge >= 0.3 is 0 Å². The van der Waals surface area contributed by atoms with Crippen molar-refractivity contribution in [2.24, 2.45) is 4.99 Å². The van der Waals surface area contributed by atoms with E-state index in [4.69, 9.17) is 4.99 Å². The molecule has 146 valence electrons. The van der Waals surface area contributed by atoms with Crippen molar-refractivity contribution < 1.29 is 0 Å². The Bertz CT molecular complexity index is 1140. The summed E-state index contributed by atoms with van der Waals surface area (Å²) in [5, 5.41) is 2.24. The fourth-order valence-electron chi connectivity index (χ4n) is 3.45. The van der Waals surface area contributed by atoms with Gasteiger partial charge in [0.25, 0.3) is 0 Å². The molecule has 0 unspecified atom stereocenters. The van der Waals surface area contributed by atoms with Crippen LogP contribution in [0.15, 0.2) is 89.2 Å². The first-order chi connectivity index (χ1) is 14.2. The summed E-state index contributed by atoms with van der Waals surface area (Å²) < 4.78 is 2.37. The van der Waals surface area contributed by atoms with Gasteiger partial charge in [-0.1, -0.05) is 79.7 Å². The summed E-state index contributed by atoms with van der Waals surface area (Å²) in [5.74, 6) is 0. The Balaban J connectivity index is 1.76. The number of benzene rings is 3. The topological polar surface area (TPSA) is 17.3 Å². The van der Waals surface area contributed by atoms with Crippen LogP contribution in [-0.2, 0) is 19.4 Å². The summed E-state index contributed by atoms with van der Waals surface area (Å²) in [6.07, 6.45) is 2.05. The molecular weight excluding hydrogens is 372 g/mol. The van der Waals surface area contributed by atoms with E-state index in [9.17, 15) is 0 Å². The van der Waals surface area contributed by atoms with E-state index in [0.29, 0.717) is 0 Å². The van der Waals surface area contributed by atoms with Crippen molar-refractivity contribution in [2.75, 3.05) is 0 Å². The maximum Gasteiger partial charge on any atom is 0.190 e. The van der Waals surface area contributed by atoms with E-state index in [1.54, 1.807) is 11.3 Å². The predicted molar refractivity (Wildman–Crippen MR) is 124 cm³/mol. The van der Waals surface area contributed by atoms with Gasteiger partial charge in [0.1, 0.15) is 0 Å². The quantitative estimate of drug-likeness (QED) is 0.350. The van der Waals surface area contributed by atoms with Gasteiger partial charge in [0.2, 0.25) is 0 Å². The lowest BCUT2D eigenvalue weighted by molar-refractivity contribution is 0.684. The van der Waals surface area contributed by atoms with Gasteiger partial charge in [0.05, 0.1) is 11.4 Å². The molecule has 0 spiro atoms. The summed E-state index contributed by atoms with van der Waals surface area (Å²) in [5.41, 5.74) is 7.43. The van der Waals surface area contributed by atoms with E-state index >= 15 is 0 Å². The molecule has 0 saturated heterocycles. The summed E-state index contributed by atoms with van der Waals surface area (Å²) in [7, 11) is 0. The van der Waals surface area contributed by atoms with Crippen molar-refractivity contribution in [3.05, 3.63) is 106 Å². The molecule has 0 fully saturated rings. The van der Waals surface area contributed by atoms with E-state index in [1.807, 2.05) is 0 Å². The average molecular weight is 399 g/mol. The normalized spacial score (nSPS) is 11.7. The molecule has 0 aliphatic carbocycles. The Morgan fingerprint density at radius 1 is 0.828 bits per heavy atom. The molecule has 0 amide bonds. The van der Waals surface area contributed by atoms with Crippen molar-refractivity contribution in [3.63, 3.8) is 0 Å². The molecule has 0 bridgehead atoms. The van der Waals surface area contributed by atoms with Crippen LogP contribution < -0.4 is 4.80 Å². The number of aromatic nitrogens is 1. The maximum atomic E-state index is 5.01. The third-order valence-corrected chi connectivity index (χ3v) is 6.12. The van der Waals surface area contributed by atoms with Gasteiger partial charge in [0.15, 0.2) is 4.80 Å². The zero-order valence-corrected chi connectivity index (χ0v) is 17.8. The van der Waals surface area contributed by atoms with Crippen molar-refractivity contribution in [1.82, 2.24) is 4.57 Å². The van der Waals surface area contributed by atoms with Crippen LogP contribution in [0.1, 0.15) is 23.6 Å². The first-order valence-corrected chi connectivity index (χ1v) is 11.0. The molecule has 3 heteroatoms. The van der Waals surface area contributed by atoms with E-state index in [2.05, 4.69) is 103 Å². The third kappa shape index (κ3) is 4.57. The fourth-order valence-corrected chi connectivity index (χ4v) is 4.40. The van der Waals surface area contributed by atoms with Crippen LogP contribution in [0.5, 0.6) is 0 Å². The molecule has 1 heterocycles. The van der Waals surface area contributed by atoms with Gasteiger partial charge in [-0.05, 0) is 48.1 Å². The van der Waals surface area contributed by atoms with Crippen molar-refractivity contribution in [3.8, 4) is 11.3 Å². The van der Waals surface area contributed by atoms with Gasteiger partial charge in [-0.25, -0.2) is 4.99 Å². The number of thiazole rings is 1. The summed E-state index contributed by atoms with van der Waals surface area (Å²) >= 11 is 1.72. The molecule has 2 nitrogen and oxygen atoms in total. The first kappa shape index (κ1) is 19.4. The molecule has 0 radical (unpaired) electrons. The molecule has 0 atom stereocenters. The predicted octanol–water partition coefficient (Wildman–Crippen LogP) is 6.56. The fraction of sp³-hybridized carbons (Fsp3) is 0.192. The number of aryl methyl sites for hydroxylation is 3. The number of hydrogen-bond acceptors (Lipinski definition) is 2. The lowest BCUT2D eigenvalue weighted by Crippen LogP contribution is -2.17. The molecule has 0 aliphatic rings. The molecule has 0 saturated carbocycles. The summed E-state index contributed by atoms with van der Waals surface area (Å²) in [6, 6.07) is 27.9. The van der Waals surface area contributed by atoms with Crippen LogP contribution in [0.4, 0.5) is 5.69 Å². The van der Waals surface area contributed by atoms with Crippen LogP contribution in [-0.4, -0.2) is 4.57 Å². The minimum absolute atomic E-state index is 0.906. The minimum atomic E-state index is 0.906. The van der Waals surface area contributed by atoms with E-state index < -0.39 is 0 Å². The zero-order valence-electron chi connectivity index (χ0n) is 17.0. The largest absolute Gasteiger partial charge is 0.316 e. The van der Waals surface area contributed by atoms with Crippen LogP contribution in [0.2, 0.25) is 0 Å². The molecule has 4 aromatic rings. The Kier molecular flexibility index (Phi) is 6.06. The highest BCUT2D eigenvalue weighted by Crippen LogP contribution is 2.23. The van der Waals surface area contributed by atoms with Crippen LogP contribution in [0.3, 0.4) is 0 Å². The van der Waals surface area contributed by atoms with Crippen LogP contribution in [0.25, 0.3) is 11.3 Å². The monoisotopic (exact) mass is 398 g/mol. The van der Waals surface area contributed by atoms with Gasteiger partial charge in [-0.2, -0.15) is 0 Å². The number of para-hydroxylation sites is 1. The molecule has 0 aliphatic heterocycles. The van der Waals surface area contributed by atoms with Crippen molar-refractivity contribution >= 4 is 17.0 Å². The lowest BCUT2D eigenvalue weighted by Gasteiger charge is -2.10. The SMILES string of the molecule is CCc1ccc(-c2csc(=Nc3ccccc3C)n2CCc2ccccc2)cc1. The second-order valence-corrected chi connectivity index (χ2v) is 8.08. The number of hydrogen-bond donors (Lipinski definition) is 0. The molecule has 0 N–H and O–H groups in total. The van der Waals surface area contributed by atoms with Crippen LogP contribution >= 0.6 is 11.3 Å². The van der Waals surface area contributed by atoms with Gasteiger partial charge in [-0.15, -0.1) is 11.3 Å². The van der Waals surface area contributed by atoms with Gasteiger partial charge in [0, 0.05) is 11.9 Å². The molecular formula is C26H26N2S. The van der Waals surface area contributed by atoms with Crippen LogP contribution in [0, 0.1) is 6.92 Å². The maximum absolute atomic E-state index is 5.01.